The molecule has 15 heavy (non-hydrogen) atoms. The highest BCUT2D eigenvalue weighted by atomic mass is 16.5. The highest BCUT2D eigenvalue weighted by Gasteiger charge is 2.20. The average molecular weight is 216 g/mol. The van der Waals surface area contributed by atoms with Crippen LogP contribution in [0.1, 0.15) is 12.8 Å². The molecule has 0 saturated carbocycles. The van der Waals surface area contributed by atoms with Crippen molar-refractivity contribution in [2.75, 3.05) is 26.2 Å². The number of carbonyl (C=O) groups is 2. The Morgan fingerprint density at radius 1 is 1.40 bits per heavy atom. The third-order valence-electron chi connectivity index (χ3n) is 2.36. The van der Waals surface area contributed by atoms with Gasteiger partial charge in [0.05, 0.1) is 12.6 Å². The second-order valence-corrected chi connectivity index (χ2v) is 3.65. The first-order chi connectivity index (χ1) is 7.08. The monoisotopic (exact) mass is 216 g/mol. The van der Waals surface area contributed by atoms with Crippen LogP contribution in [0.25, 0.3) is 0 Å². The standard InChI is InChI=1S/C9H16N2O4/c10-8(12)5-11-3-1-7(2-4-11)15-6-9(13)14/h7H,1-6H2,(H2,10,12)(H,13,14). The van der Waals surface area contributed by atoms with Crippen LogP contribution in [0.2, 0.25) is 0 Å². The molecule has 1 fully saturated rings. The molecule has 1 aliphatic heterocycles. The van der Waals surface area contributed by atoms with Crippen LogP contribution in [-0.2, 0) is 14.3 Å². The van der Waals surface area contributed by atoms with Crippen LogP contribution in [-0.4, -0.2) is 54.2 Å². The Hall–Kier alpha value is -1.14. The molecule has 86 valence electrons. The van der Waals surface area contributed by atoms with Gasteiger partial charge >= 0.3 is 5.97 Å². The zero-order valence-corrected chi connectivity index (χ0v) is 8.52. The lowest BCUT2D eigenvalue weighted by Gasteiger charge is -2.30. The Labute approximate surface area is 88.0 Å². The number of rotatable bonds is 5. The summed E-state index contributed by atoms with van der Waals surface area (Å²) in [6.45, 7) is 1.48. The number of hydrogen-bond donors (Lipinski definition) is 2. The molecule has 1 rings (SSSR count). The molecule has 6 nitrogen and oxygen atoms in total. The smallest absolute Gasteiger partial charge is 0.329 e. The highest BCUT2D eigenvalue weighted by molar-refractivity contribution is 5.75. The van der Waals surface area contributed by atoms with Crippen molar-refractivity contribution >= 4 is 11.9 Å². The number of carboxylic acids is 1. The van der Waals surface area contributed by atoms with Crippen molar-refractivity contribution in [2.45, 2.75) is 18.9 Å². The molecule has 1 amide bonds. The molecule has 3 N–H and O–H groups in total. The molecule has 0 bridgehead atoms. The van der Waals surface area contributed by atoms with E-state index in [-0.39, 0.29) is 25.2 Å². The molecule has 6 heteroatoms. The van der Waals surface area contributed by atoms with Crippen LogP contribution in [0.15, 0.2) is 0 Å². The summed E-state index contributed by atoms with van der Waals surface area (Å²) in [6, 6.07) is 0. The van der Waals surface area contributed by atoms with Gasteiger partial charge in [0.2, 0.25) is 5.91 Å². The predicted molar refractivity (Wildman–Crippen MR) is 52.2 cm³/mol. The number of carboxylic acid groups (broad SMARTS) is 1. The second kappa shape index (κ2) is 5.67. The quantitative estimate of drug-likeness (QED) is 0.617. The Balaban J connectivity index is 2.18. The largest absolute Gasteiger partial charge is 0.480 e. The number of aliphatic carboxylic acids is 1. The summed E-state index contributed by atoms with van der Waals surface area (Å²) in [5.74, 6) is -1.28. The molecule has 0 spiro atoms. The summed E-state index contributed by atoms with van der Waals surface area (Å²) in [5.41, 5.74) is 5.07. The van der Waals surface area contributed by atoms with Crippen LogP contribution in [0.4, 0.5) is 0 Å². The minimum Gasteiger partial charge on any atom is -0.480 e. The first-order valence-electron chi connectivity index (χ1n) is 4.92. The van der Waals surface area contributed by atoms with Gasteiger partial charge in [0, 0.05) is 13.1 Å². The molecular formula is C9H16N2O4. The number of primary amides is 1. The lowest BCUT2D eigenvalue weighted by Crippen LogP contribution is -2.41. The zero-order valence-electron chi connectivity index (χ0n) is 8.52. The minimum atomic E-state index is -0.949. The molecule has 0 radical (unpaired) electrons. The van der Waals surface area contributed by atoms with Crippen molar-refractivity contribution in [1.29, 1.82) is 0 Å². The van der Waals surface area contributed by atoms with Crippen molar-refractivity contribution in [3.63, 3.8) is 0 Å². The average Bonchev–Trinajstić information content (AvgIpc) is 2.16. The van der Waals surface area contributed by atoms with Crippen LogP contribution in [0.5, 0.6) is 0 Å². The molecule has 1 saturated heterocycles. The van der Waals surface area contributed by atoms with E-state index in [1.54, 1.807) is 0 Å². The molecule has 1 heterocycles. The summed E-state index contributed by atoms with van der Waals surface area (Å²) in [4.78, 5) is 22.8. The second-order valence-electron chi connectivity index (χ2n) is 3.65. The van der Waals surface area contributed by atoms with Gasteiger partial charge in [-0.25, -0.2) is 4.79 Å². The molecule has 0 unspecified atom stereocenters. The summed E-state index contributed by atoms with van der Waals surface area (Å²) in [6.07, 6.45) is 1.49. The van der Waals surface area contributed by atoms with Gasteiger partial charge in [-0.05, 0) is 12.8 Å². The first kappa shape index (κ1) is 11.9. The van der Waals surface area contributed by atoms with E-state index in [0.717, 1.165) is 25.9 Å². The van der Waals surface area contributed by atoms with Gasteiger partial charge in [0.15, 0.2) is 0 Å². The van der Waals surface area contributed by atoms with Crippen molar-refractivity contribution < 1.29 is 19.4 Å². The minimum absolute atomic E-state index is 0.00905. The number of nitrogens with two attached hydrogens (primary N) is 1. The number of hydrogen-bond acceptors (Lipinski definition) is 4. The molecule has 0 aromatic heterocycles. The molecule has 0 aliphatic carbocycles. The van der Waals surface area contributed by atoms with Crippen LogP contribution >= 0.6 is 0 Å². The van der Waals surface area contributed by atoms with E-state index in [4.69, 9.17) is 15.6 Å². The van der Waals surface area contributed by atoms with Gasteiger partial charge in [0.1, 0.15) is 6.61 Å². The van der Waals surface area contributed by atoms with E-state index in [9.17, 15) is 9.59 Å². The van der Waals surface area contributed by atoms with E-state index < -0.39 is 5.97 Å². The number of amides is 1. The van der Waals surface area contributed by atoms with E-state index >= 15 is 0 Å². The Morgan fingerprint density at radius 2 is 2.00 bits per heavy atom. The molecular weight excluding hydrogens is 200 g/mol. The summed E-state index contributed by atoms with van der Waals surface area (Å²) >= 11 is 0. The number of piperidine rings is 1. The van der Waals surface area contributed by atoms with E-state index in [0.29, 0.717) is 0 Å². The fraction of sp³-hybridized carbons (Fsp3) is 0.778. The number of carbonyl (C=O) groups excluding carboxylic acids is 1. The van der Waals surface area contributed by atoms with Crippen LogP contribution in [0.3, 0.4) is 0 Å². The molecule has 1 aliphatic rings. The molecule has 0 aromatic rings. The molecule has 0 atom stereocenters. The van der Waals surface area contributed by atoms with Crippen molar-refractivity contribution in [3.05, 3.63) is 0 Å². The van der Waals surface area contributed by atoms with E-state index in [1.165, 1.54) is 0 Å². The fourth-order valence-electron chi connectivity index (χ4n) is 1.64. The predicted octanol–water partition coefficient (Wildman–Crippen LogP) is -0.963. The van der Waals surface area contributed by atoms with Gasteiger partial charge in [-0.1, -0.05) is 0 Å². The van der Waals surface area contributed by atoms with Gasteiger partial charge in [-0.2, -0.15) is 0 Å². The fourth-order valence-corrected chi connectivity index (χ4v) is 1.64. The number of ether oxygens (including phenoxy) is 1. The Bertz CT molecular complexity index is 236. The lowest BCUT2D eigenvalue weighted by atomic mass is 10.1. The van der Waals surface area contributed by atoms with Crippen LogP contribution < -0.4 is 5.73 Å². The van der Waals surface area contributed by atoms with E-state index in [1.807, 2.05) is 4.90 Å². The van der Waals surface area contributed by atoms with Crippen molar-refractivity contribution in [1.82, 2.24) is 4.90 Å². The van der Waals surface area contributed by atoms with Crippen molar-refractivity contribution in [2.24, 2.45) is 5.73 Å². The third kappa shape index (κ3) is 4.75. The highest BCUT2D eigenvalue weighted by Crippen LogP contribution is 2.12. The summed E-state index contributed by atoms with van der Waals surface area (Å²) in [5, 5.41) is 8.42. The maximum Gasteiger partial charge on any atom is 0.329 e. The maximum absolute atomic E-state index is 10.6. The third-order valence-corrected chi connectivity index (χ3v) is 2.36. The van der Waals surface area contributed by atoms with Gasteiger partial charge in [-0.15, -0.1) is 0 Å². The van der Waals surface area contributed by atoms with Gasteiger partial charge in [-0.3, -0.25) is 9.69 Å². The SMILES string of the molecule is NC(=O)CN1CCC(OCC(=O)O)CC1. The molecule has 0 aromatic carbocycles. The Kier molecular flexibility index (Phi) is 4.51. The summed E-state index contributed by atoms with van der Waals surface area (Å²) < 4.78 is 5.16. The summed E-state index contributed by atoms with van der Waals surface area (Å²) in [7, 11) is 0. The lowest BCUT2D eigenvalue weighted by molar-refractivity contribution is -0.145. The normalized spacial score (nSPS) is 18.9. The Morgan fingerprint density at radius 3 is 2.47 bits per heavy atom. The topological polar surface area (TPSA) is 92.9 Å². The zero-order chi connectivity index (χ0) is 11.3. The van der Waals surface area contributed by atoms with Gasteiger partial charge in [0.25, 0.3) is 0 Å². The maximum atomic E-state index is 10.6. The number of likely N-dealkylation sites (tertiary alicyclic amines) is 1. The number of nitrogens with zero attached hydrogens (tertiary/aromatic N) is 1. The first-order valence-corrected chi connectivity index (χ1v) is 4.92. The van der Waals surface area contributed by atoms with E-state index in [2.05, 4.69) is 0 Å². The van der Waals surface area contributed by atoms with Gasteiger partial charge < -0.3 is 15.6 Å². The van der Waals surface area contributed by atoms with Crippen LogP contribution in [0, 0.1) is 0 Å². The van der Waals surface area contributed by atoms with Crippen molar-refractivity contribution in [3.8, 4) is 0 Å².